The number of furan rings is 1. The lowest BCUT2D eigenvalue weighted by atomic mass is 10.0. The predicted octanol–water partition coefficient (Wildman–Crippen LogP) is 4.31. The Morgan fingerprint density at radius 1 is 1.35 bits per heavy atom. The Morgan fingerprint density at radius 2 is 2.18 bits per heavy atom. The SMILES string of the molecule is CCOc1ccc(C)cc1C(Cl)c1ccoc1. The van der Waals surface area contributed by atoms with Crippen molar-refractivity contribution in [1.29, 1.82) is 0 Å². The standard InChI is InChI=1S/C14H15ClO2/c1-3-17-13-5-4-10(2)8-12(13)14(15)11-6-7-16-9-11/h4-9,14H,3H2,1-2H3. The fourth-order valence-corrected chi connectivity index (χ4v) is 2.05. The number of benzene rings is 1. The number of ether oxygens (including phenoxy) is 1. The molecule has 0 aliphatic rings. The van der Waals surface area contributed by atoms with Crippen molar-refractivity contribution in [3.63, 3.8) is 0 Å². The van der Waals surface area contributed by atoms with Gasteiger partial charge in [0.25, 0.3) is 0 Å². The van der Waals surface area contributed by atoms with Gasteiger partial charge >= 0.3 is 0 Å². The molecule has 3 heteroatoms. The molecular formula is C14H15ClO2. The second kappa shape index (κ2) is 5.28. The highest BCUT2D eigenvalue weighted by molar-refractivity contribution is 6.22. The normalized spacial score (nSPS) is 12.4. The summed E-state index contributed by atoms with van der Waals surface area (Å²) in [7, 11) is 0. The number of halogens is 1. The molecule has 1 atom stereocenters. The molecule has 1 aromatic carbocycles. The molecule has 0 aliphatic carbocycles. The van der Waals surface area contributed by atoms with Crippen molar-refractivity contribution in [3.05, 3.63) is 53.5 Å². The van der Waals surface area contributed by atoms with E-state index in [0.29, 0.717) is 6.61 Å². The molecular weight excluding hydrogens is 236 g/mol. The summed E-state index contributed by atoms with van der Waals surface area (Å²) in [6, 6.07) is 7.91. The van der Waals surface area contributed by atoms with Crippen molar-refractivity contribution in [1.82, 2.24) is 0 Å². The zero-order valence-corrected chi connectivity index (χ0v) is 10.7. The van der Waals surface area contributed by atoms with Crippen molar-refractivity contribution >= 4 is 11.6 Å². The average Bonchev–Trinajstić information content (AvgIpc) is 2.84. The molecule has 2 nitrogen and oxygen atoms in total. The first-order valence-electron chi connectivity index (χ1n) is 5.62. The second-order valence-corrected chi connectivity index (χ2v) is 4.33. The van der Waals surface area contributed by atoms with Crippen LogP contribution >= 0.6 is 11.6 Å². The van der Waals surface area contributed by atoms with Gasteiger partial charge in [0.05, 0.1) is 24.5 Å². The first-order chi connectivity index (χ1) is 8.22. The van der Waals surface area contributed by atoms with E-state index in [2.05, 4.69) is 6.07 Å². The third-order valence-electron chi connectivity index (χ3n) is 2.57. The highest BCUT2D eigenvalue weighted by Crippen LogP contribution is 2.35. The Morgan fingerprint density at radius 3 is 2.82 bits per heavy atom. The fourth-order valence-electron chi connectivity index (χ4n) is 1.75. The van der Waals surface area contributed by atoms with Crippen molar-refractivity contribution < 1.29 is 9.15 Å². The minimum Gasteiger partial charge on any atom is -0.494 e. The summed E-state index contributed by atoms with van der Waals surface area (Å²) in [6.07, 6.45) is 3.29. The average molecular weight is 251 g/mol. The lowest BCUT2D eigenvalue weighted by molar-refractivity contribution is 0.336. The van der Waals surface area contributed by atoms with Crippen molar-refractivity contribution in [2.45, 2.75) is 19.2 Å². The molecule has 0 radical (unpaired) electrons. The molecule has 0 saturated carbocycles. The van der Waals surface area contributed by atoms with Gasteiger partial charge in [-0.05, 0) is 26.0 Å². The van der Waals surface area contributed by atoms with E-state index in [1.165, 1.54) is 0 Å². The van der Waals surface area contributed by atoms with E-state index in [-0.39, 0.29) is 5.38 Å². The first kappa shape index (κ1) is 12.1. The Bertz CT molecular complexity index is 477. The Kier molecular flexibility index (Phi) is 3.75. The van der Waals surface area contributed by atoms with E-state index in [4.69, 9.17) is 20.8 Å². The van der Waals surface area contributed by atoms with Crippen LogP contribution in [-0.2, 0) is 0 Å². The molecule has 0 spiro atoms. The molecule has 2 aromatic rings. The van der Waals surface area contributed by atoms with Crippen LogP contribution in [0.15, 0.2) is 41.2 Å². The number of rotatable bonds is 4. The third-order valence-corrected chi connectivity index (χ3v) is 3.06. The van der Waals surface area contributed by atoms with Crippen LogP contribution in [0.5, 0.6) is 5.75 Å². The molecule has 0 amide bonds. The fraction of sp³-hybridized carbons (Fsp3) is 0.286. The lowest BCUT2D eigenvalue weighted by Crippen LogP contribution is -2.00. The van der Waals surface area contributed by atoms with Gasteiger partial charge in [-0.15, -0.1) is 11.6 Å². The molecule has 0 bridgehead atoms. The summed E-state index contributed by atoms with van der Waals surface area (Å²) in [5.74, 6) is 0.833. The maximum Gasteiger partial charge on any atom is 0.124 e. The van der Waals surface area contributed by atoms with Gasteiger partial charge in [0.15, 0.2) is 0 Å². The van der Waals surface area contributed by atoms with Crippen molar-refractivity contribution in [2.75, 3.05) is 6.61 Å². The summed E-state index contributed by atoms with van der Waals surface area (Å²) in [5, 5.41) is -0.241. The monoisotopic (exact) mass is 250 g/mol. The molecule has 17 heavy (non-hydrogen) atoms. The van der Waals surface area contributed by atoms with Crippen molar-refractivity contribution in [3.8, 4) is 5.75 Å². The Hall–Kier alpha value is -1.41. The van der Waals surface area contributed by atoms with Crippen molar-refractivity contribution in [2.24, 2.45) is 0 Å². The van der Waals surface area contributed by atoms with E-state index in [0.717, 1.165) is 22.4 Å². The number of aryl methyl sites for hydroxylation is 1. The maximum atomic E-state index is 6.45. The van der Waals surface area contributed by atoms with Gasteiger partial charge in [-0.2, -0.15) is 0 Å². The first-order valence-corrected chi connectivity index (χ1v) is 6.05. The zero-order chi connectivity index (χ0) is 12.3. The number of hydrogen-bond acceptors (Lipinski definition) is 2. The lowest BCUT2D eigenvalue weighted by Gasteiger charge is -2.14. The number of alkyl halides is 1. The highest BCUT2D eigenvalue weighted by Gasteiger charge is 2.17. The molecule has 90 valence electrons. The van der Waals surface area contributed by atoms with E-state index in [1.807, 2.05) is 32.0 Å². The summed E-state index contributed by atoms with van der Waals surface area (Å²) in [6.45, 7) is 4.63. The zero-order valence-electron chi connectivity index (χ0n) is 9.94. The summed E-state index contributed by atoms with van der Waals surface area (Å²) in [5.41, 5.74) is 3.09. The van der Waals surface area contributed by atoms with Crippen LogP contribution in [0.4, 0.5) is 0 Å². The van der Waals surface area contributed by atoms with Crippen LogP contribution < -0.4 is 4.74 Å². The van der Waals surface area contributed by atoms with Crippen LogP contribution in [-0.4, -0.2) is 6.61 Å². The maximum absolute atomic E-state index is 6.45. The Balaban J connectivity index is 2.38. The molecule has 1 heterocycles. The van der Waals surface area contributed by atoms with Gasteiger partial charge < -0.3 is 9.15 Å². The topological polar surface area (TPSA) is 22.4 Å². The largest absolute Gasteiger partial charge is 0.494 e. The smallest absolute Gasteiger partial charge is 0.124 e. The van der Waals surface area contributed by atoms with E-state index in [1.54, 1.807) is 12.5 Å². The molecule has 1 aromatic heterocycles. The quantitative estimate of drug-likeness (QED) is 0.755. The summed E-state index contributed by atoms with van der Waals surface area (Å²) >= 11 is 6.45. The summed E-state index contributed by atoms with van der Waals surface area (Å²) in [4.78, 5) is 0. The van der Waals surface area contributed by atoms with E-state index < -0.39 is 0 Å². The molecule has 0 fully saturated rings. The van der Waals surface area contributed by atoms with Crippen LogP contribution in [0, 0.1) is 6.92 Å². The van der Waals surface area contributed by atoms with Gasteiger partial charge in [-0.1, -0.05) is 17.7 Å². The minimum atomic E-state index is -0.241. The van der Waals surface area contributed by atoms with Gasteiger partial charge in [0, 0.05) is 11.1 Å². The second-order valence-electron chi connectivity index (χ2n) is 3.89. The van der Waals surface area contributed by atoms with Crippen LogP contribution in [0.25, 0.3) is 0 Å². The molecule has 1 unspecified atom stereocenters. The Labute approximate surface area is 106 Å². The predicted molar refractivity (Wildman–Crippen MR) is 68.8 cm³/mol. The summed E-state index contributed by atoms with van der Waals surface area (Å²) < 4.78 is 10.7. The minimum absolute atomic E-state index is 0.241. The number of hydrogen-bond donors (Lipinski definition) is 0. The van der Waals surface area contributed by atoms with Crippen LogP contribution in [0.2, 0.25) is 0 Å². The van der Waals surface area contributed by atoms with Gasteiger partial charge in [0.1, 0.15) is 5.75 Å². The van der Waals surface area contributed by atoms with Gasteiger partial charge in [-0.25, -0.2) is 0 Å². The van der Waals surface area contributed by atoms with Gasteiger partial charge in [-0.3, -0.25) is 0 Å². The molecule has 0 saturated heterocycles. The van der Waals surface area contributed by atoms with Crippen LogP contribution in [0.3, 0.4) is 0 Å². The molecule has 0 N–H and O–H groups in total. The van der Waals surface area contributed by atoms with Gasteiger partial charge in [0.2, 0.25) is 0 Å². The highest BCUT2D eigenvalue weighted by atomic mass is 35.5. The van der Waals surface area contributed by atoms with E-state index in [9.17, 15) is 0 Å². The van der Waals surface area contributed by atoms with Crippen LogP contribution in [0.1, 0.15) is 29.0 Å². The third kappa shape index (κ3) is 2.64. The van der Waals surface area contributed by atoms with E-state index >= 15 is 0 Å². The molecule has 2 rings (SSSR count). The molecule has 0 aliphatic heterocycles.